The van der Waals surface area contributed by atoms with Crippen LogP contribution in [0.1, 0.15) is 72.1 Å². The third-order valence-electron chi connectivity index (χ3n) is 9.10. The number of aliphatic hydroxyl groups is 2. The van der Waals surface area contributed by atoms with Crippen LogP contribution in [0.2, 0.25) is 0 Å². The zero-order valence-electron chi connectivity index (χ0n) is 17.4. The van der Waals surface area contributed by atoms with Gasteiger partial charge in [0, 0.05) is 12.3 Å². The Morgan fingerprint density at radius 1 is 1.14 bits per heavy atom. The van der Waals surface area contributed by atoms with E-state index in [1.807, 2.05) is 0 Å². The van der Waals surface area contributed by atoms with Crippen molar-refractivity contribution >= 4 is 11.8 Å². The number of aliphatic hydroxyl groups excluding tert-OH is 1. The Morgan fingerprint density at radius 3 is 2.57 bits per heavy atom. The number of fused-ring (bicyclic) bond motifs is 5. The van der Waals surface area contributed by atoms with Crippen molar-refractivity contribution < 1.29 is 24.5 Å². The molecule has 0 aliphatic heterocycles. The minimum absolute atomic E-state index is 0.145. The van der Waals surface area contributed by atoms with Gasteiger partial charge in [-0.05, 0) is 74.5 Å². The summed E-state index contributed by atoms with van der Waals surface area (Å²) in [6, 6.07) is 0. The fourth-order valence-corrected chi connectivity index (χ4v) is 7.40. The third kappa shape index (κ3) is 2.72. The minimum Gasteiger partial charge on any atom is -0.458 e. The SMILES string of the molecule is CC(=O)OCC(=O)[C@@]1(O)CC[C@@H]2[C@@H]3CC=C4C[C@H](O)CC[C@]4(C)[C@H]3CC[C@@]21C. The molecule has 0 bridgehead atoms. The first-order valence-corrected chi connectivity index (χ1v) is 10.9. The quantitative estimate of drug-likeness (QED) is 0.571. The second kappa shape index (κ2) is 6.66. The molecular formula is C23H34O5. The van der Waals surface area contributed by atoms with E-state index in [0.29, 0.717) is 24.2 Å². The van der Waals surface area contributed by atoms with Crippen molar-refractivity contribution in [3.05, 3.63) is 11.6 Å². The van der Waals surface area contributed by atoms with Gasteiger partial charge < -0.3 is 14.9 Å². The lowest BCUT2D eigenvalue weighted by atomic mass is 9.46. The van der Waals surface area contributed by atoms with Gasteiger partial charge in [0.15, 0.2) is 6.61 Å². The zero-order chi connectivity index (χ0) is 20.3. The van der Waals surface area contributed by atoms with Crippen LogP contribution >= 0.6 is 0 Å². The fourth-order valence-electron chi connectivity index (χ4n) is 7.40. The molecule has 4 aliphatic carbocycles. The molecule has 0 aromatic heterocycles. The first-order valence-electron chi connectivity index (χ1n) is 10.9. The standard InChI is InChI=1S/C23H34O5/c1-14(24)28-13-20(26)23(27)11-8-19-17-5-4-15-12-16(25)6-9-21(15,2)18(17)7-10-22(19,23)3/h4,16-19,25,27H,5-13H2,1-3H3/t16-,17-,18+,19-,21+,22+,23+/m1/s1. The van der Waals surface area contributed by atoms with Gasteiger partial charge in [0.05, 0.1) is 6.10 Å². The number of Topliss-reactive ketones (excluding diaryl/α,β-unsaturated/α-hetero) is 1. The zero-order valence-corrected chi connectivity index (χ0v) is 17.4. The van der Waals surface area contributed by atoms with Gasteiger partial charge in [-0.3, -0.25) is 9.59 Å². The van der Waals surface area contributed by atoms with Crippen LogP contribution < -0.4 is 0 Å². The van der Waals surface area contributed by atoms with Crippen LogP contribution in [0.15, 0.2) is 11.6 Å². The van der Waals surface area contributed by atoms with Gasteiger partial charge in [-0.15, -0.1) is 0 Å². The van der Waals surface area contributed by atoms with E-state index in [-0.39, 0.29) is 23.9 Å². The summed E-state index contributed by atoms with van der Waals surface area (Å²) in [6.45, 7) is 5.41. The molecule has 156 valence electrons. The van der Waals surface area contributed by atoms with Crippen LogP contribution in [0.3, 0.4) is 0 Å². The molecule has 0 unspecified atom stereocenters. The molecule has 0 heterocycles. The molecule has 0 amide bonds. The highest BCUT2D eigenvalue weighted by Gasteiger charge is 2.66. The lowest BCUT2D eigenvalue weighted by Gasteiger charge is -2.58. The molecule has 3 saturated carbocycles. The fraction of sp³-hybridized carbons (Fsp3) is 0.826. The van der Waals surface area contributed by atoms with Crippen LogP contribution in [0.5, 0.6) is 0 Å². The molecule has 0 aromatic carbocycles. The highest BCUT2D eigenvalue weighted by atomic mass is 16.5. The molecule has 5 nitrogen and oxygen atoms in total. The van der Waals surface area contributed by atoms with Gasteiger partial charge >= 0.3 is 5.97 Å². The van der Waals surface area contributed by atoms with Crippen molar-refractivity contribution in [3.63, 3.8) is 0 Å². The summed E-state index contributed by atoms with van der Waals surface area (Å²) in [5.41, 5.74) is -0.283. The smallest absolute Gasteiger partial charge is 0.303 e. The molecule has 4 aliphatic rings. The summed E-state index contributed by atoms with van der Waals surface area (Å²) < 4.78 is 4.93. The van der Waals surface area contributed by atoms with E-state index < -0.39 is 17.0 Å². The second-order valence-corrected chi connectivity index (χ2v) is 10.2. The summed E-state index contributed by atoms with van der Waals surface area (Å²) in [6.07, 6.45) is 8.96. The predicted molar refractivity (Wildman–Crippen MR) is 104 cm³/mol. The summed E-state index contributed by atoms with van der Waals surface area (Å²) >= 11 is 0. The maximum absolute atomic E-state index is 12.9. The van der Waals surface area contributed by atoms with Crippen LogP contribution in [0.25, 0.3) is 0 Å². The Morgan fingerprint density at radius 2 is 1.86 bits per heavy atom. The first kappa shape index (κ1) is 20.1. The van der Waals surface area contributed by atoms with Crippen molar-refractivity contribution in [2.24, 2.45) is 28.6 Å². The van der Waals surface area contributed by atoms with Gasteiger partial charge in [0.1, 0.15) is 5.60 Å². The first-order chi connectivity index (χ1) is 13.1. The van der Waals surface area contributed by atoms with E-state index in [1.54, 1.807) is 0 Å². The maximum atomic E-state index is 12.9. The minimum atomic E-state index is -1.40. The molecule has 28 heavy (non-hydrogen) atoms. The van der Waals surface area contributed by atoms with Crippen molar-refractivity contribution in [1.82, 2.24) is 0 Å². The maximum Gasteiger partial charge on any atom is 0.303 e. The highest BCUT2D eigenvalue weighted by Crippen LogP contribution is 2.67. The van der Waals surface area contributed by atoms with E-state index in [1.165, 1.54) is 12.5 Å². The van der Waals surface area contributed by atoms with Crippen molar-refractivity contribution in [1.29, 1.82) is 0 Å². The average Bonchev–Trinajstić information content (AvgIpc) is 2.92. The number of esters is 1. The molecule has 2 N–H and O–H groups in total. The van der Waals surface area contributed by atoms with Gasteiger partial charge in [-0.25, -0.2) is 0 Å². The number of carbonyl (C=O) groups is 2. The lowest BCUT2D eigenvalue weighted by Crippen LogP contribution is -2.58. The van der Waals surface area contributed by atoms with Crippen LogP contribution in [0.4, 0.5) is 0 Å². The summed E-state index contributed by atoms with van der Waals surface area (Å²) in [4.78, 5) is 24.0. The van der Waals surface area contributed by atoms with Crippen LogP contribution in [-0.4, -0.2) is 40.3 Å². The number of ether oxygens (including phenoxy) is 1. The monoisotopic (exact) mass is 390 g/mol. The number of rotatable bonds is 3. The van der Waals surface area contributed by atoms with E-state index in [0.717, 1.165) is 44.9 Å². The van der Waals surface area contributed by atoms with E-state index in [9.17, 15) is 19.8 Å². The van der Waals surface area contributed by atoms with E-state index in [2.05, 4.69) is 19.9 Å². The van der Waals surface area contributed by atoms with Gasteiger partial charge in [-0.1, -0.05) is 25.5 Å². The van der Waals surface area contributed by atoms with Crippen molar-refractivity contribution in [3.8, 4) is 0 Å². The number of hydrogen-bond acceptors (Lipinski definition) is 5. The van der Waals surface area contributed by atoms with E-state index in [4.69, 9.17) is 4.74 Å². The Hall–Kier alpha value is -1.20. The van der Waals surface area contributed by atoms with E-state index >= 15 is 0 Å². The third-order valence-corrected chi connectivity index (χ3v) is 9.10. The molecule has 7 atom stereocenters. The molecule has 0 saturated heterocycles. The Balaban J connectivity index is 1.60. The largest absolute Gasteiger partial charge is 0.458 e. The molecule has 0 radical (unpaired) electrons. The highest BCUT2D eigenvalue weighted by molar-refractivity contribution is 5.90. The Labute approximate surface area is 167 Å². The number of hydrogen-bond donors (Lipinski definition) is 2. The molecule has 5 heteroatoms. The topological polar surface area (TPSA) is 83.8 Å². The van der Waals surface area contributed by atoms with Gasteiger partial charge in [0.25, 0.3) is 0 Å². The number of allylic oxidation sites excluding steroid dienone is 1. The van der Waals surface area contributed by atoms with Crippen LogP contribution in [-0.2, 0) is 14.3 Å². The summed E-state index contributed by atoms with van der Waals surface area (Å²) in [7, 11) is 0. The van der Waals surface area contributed by atoms with Crippen LogP contribution in [0, 0.1) is 28.6 Å². The van der Waals surface area contributed by atoms with Crippen molar-refractivity contribution in [2.45, 2.75) is 83.8 Å². The molecule has 0 spiro atoms. The molecule has 0 aromatic rings. The Bertz CT molecular complexity index is 714. The molecular weight excluding hydrogens is 356 g/mol. The average molecular weight is 391 g/mol. The molecule has 4 rings (SSSR count). The lowest BCUT2D eigenvalue weighted by molar-refractivity contribution is -0.168. The normalized spacial score (nSPS) is 47.4. The Kier molecular flexibility index (Phi) is 4.78. The number of ketones is 1. The number of carbonyl (C=O) groups excluding carboxylic acids is 2. The predicted octanol–water partition coefficient (Wildman–Crippen LogP) is 3.17. The molecule has 3 fully saturated rings. The van der Waals surface area contributed by atoms with Gasteiger partial charge in [-0.2, -0.15) is 0 Å². The summed E-state index contributed by atoms with van der Waals surface area (Å²) in [5, 5.41) is 21.6. The van der Waals surface area contributed by atoms with Crippen molar-refractivity contribution in [2.75, 3.05) is 6.61 Å². The second-order valence-electron chi connectivity index (χ2n) is 10.2. The van der Waals surface area contributed by atoms with Gasteiger partial charge in [0.2, 0.25) is 5.78 Å². The summed E-state index contributed by atoms with van der Waals surface area (Å²) in [5.74, 6) is 0.504.